The van der Waals surface area contributed by atoms with Gasteiger partial charge < -0.3 is 14.8 Å². The van der Waals surface area contributed by atoms with E-state index in [0.717, 1.165) is 30.2 Å². The number of ether oxygens (including phenoxy) is 2. The summed E-state index contributed by atoms with van der Waals surface area (Å²) in [6, 6.07) is 12.3. The fraction of sp³-hybridized carbons (Fsp3) is 0.312. The van der Waals surface area contributed by atoms with Crippen molar-refractivity contribution in [2.45, 2.75) is 19.0 Å². The lowest BCUT2D eigenvalue weighted by atomic mass is 10.0. The first-order valence-electron chi connectivity index (χ1n) is 6.79. The number of aromatic nitrogens is 1. The van der Waals surface area contributed by atoms with Crippen LogP contribution in [-0.4, -0.2) is 24.7 Å². The van der Waals surface area contributed by atoms with Gasteiger partial charge in [-0.1, -0.05) is 18.2 Å². The van der Waals surface area contributed by atoms with Gasteiger partial charge in [-0.05, 0) is 30.2 Å². The molecule has 0 saturated heterocycles. The number of hydrogen-bond acceptors (Lipinski definition) is 4. The number of fused-ring (bicyclic) bond motifs is 1. The SMILES string of the molecule is COc1cccc2c1OC[C@@H](NCc1ccccn1)C2. The van der Waals surface area contributed by atoms with Crippen molar-refractivity contribution in [3.05, 3.63) is 53.9 Å². The molecule has 1 aliphatic heterocycles. The molecule has 0 fully saturated rings. The molecular weight excluding hydrogens is 252 g/mol. The van der Waals surface area contributed by atoms with Gasteiger partial charge in [0.05, 0.1) is 12.8 Å². The highest BCUT2D eigenvalue weighted by Gasteiger charge is 2.22. The fourth-order valence-corrected chi connectivity index (χ4v) is 2.44. The topological polar surface area (TPSA) is 43.4 Å². The van der Waals surface area contributed by atoms with Crippen LogP contribution in [0.25, 0.3) is 0 Å². The lowest BCUT2D eigenvalue weighted by molar-refractivity contribution is 0.226. The van der Waals surface area contributed by atoms with E-state index in [-0.39, 0.29) is 0 Å². The maximum Gasteiger partial charge on any atom is 0.164 e. The van der Waals surface area contributed by atoms with Gasteiger partial charge >= 0.3 is 0 Å². The van der Waals surface area contributed by atoms with Gasteiger partial charge in [0.1, 0.15) is 6.61 Å². The molecule has 0 unspecified atom stereocenters. The summed E-state index contributed by atoms with van der Waals surface area (Å²) in [6.45, 7) is 1.41. The highest BCUT2D eigenvalue weighted by molar-refractivity contribution is 5.48. The molecular formula is C16H18N2O2. The summed E-state index contributed by atoms with van der Waals surface area (Å²) in [5.74, 6) is 1.69. The Morgan fingerprint density at radius 2 is 2.25 bits per heavy atom. The van der Waals surface area contributed by atoms with Crippen molar-refractivity contribution in [2.75, 3.05) is 13.7 Å². The summed E-state index contributed by atoms with van der Waals surface area (Å²) in [7, 11) is 1.67. The maximum absolute atomic E-state index is 5.84. The maximum atomic E-state index is 5.84. The van der Waals surface area contributed by atoms with Crippen LogP contribution in [0.15, 0.2) is 42.6 Å². The first kappa shape index (κ1) is 12.9. The van der Waals surface area contributed by atoms with Crippen LogP contribution in [0, 0.1) is 0 Å². The molecule has 0 saturated carbocycles. The van der Waals surface area contributed by atoms with Gasteiger partial charge in [0.15, 0.2) is 11.5 Å². The minimum absolute atomic E-state index is 0.302. The standard InChI is InChI=1S/C16H18N2O2/c1-19-15-7-4-5-12-9-14(11-20-16(12)15)18-10-13-6-2-3-8-17-13/h2-8,14,18H,9-11H2,1H3/t14-/m0/s1. The van der Waals surface area contributed by atoms with Crippen molar-refractivity contribution in [1.82, 2.24) is 10.3 Å². The van der Waals surface area contributed by atoms with Gasteiger partial charge in [-0.15, -0.1) is 0 Å². The van der Waals surface area contributed by atoms with Gasteiger partial charge in [0, 0.05) is 18.8 Å². The van der Waals surface area contributed by atoms with Crippen LogP contribution in [0.1, 0.15) is 11.3 Å². The number of benzene rings is 1. The number of para-hydroxylation sites is 1. The van der Waals surface area contributed by atoms with Crippen LogP contribution >= 0.6 is 0 Å². The summed E-state index contributed by atoms with van der Waals surface area (Å²) in [5.41, 5.74) is 2.23. The van der Waals surface area contributed by atoms with Crippen molar-refractivity contribution in [3.8, 4) is 11.5 Å². The van der Waals surface area contributed by atoms with Crippen LogP contribution < -0.4 is 14.8 Å². The Morgan fingerprint density at radius 3 is 3.05 bits per heavy atom. The second-order valence-electron chi connectivity index (χ2n) is 4.86. The van der Waals surface area contributed by atoms with Crippen molar-refractivity contribution < 1.29 is 9.47 Å². The zero-order valence-corrected chi connectivity index (χ0v) is 11.5. The van der Waals surface area contributed by atoms with E-state index < -0.39 is 0 Å². The fourth-order valence-electron chi connectivity index (χ4n) is 2.44. The molecule has 0 bridgehead atoms. The Labute approximate surface area is 118 Å². The Morgan fingerprint density at radius 1 is 1.30 bits per heavy atom. The average molecular weight is 270 g/mol. The largest absolute Gasteiger partial charge is 0.493 e. The quantitative estimate of drug-likeness (QED) is 0.925. The first-order valence-corrected chi connectivity index (χ1v) is 6.79. The van der Waals surface area contributed by atoms with Crippen molar-refractivity contribution in [1.29, 1.82) is 0 Å². The Hall–Kier alpha value is -2.07. The van der Waals surface area contributed by atoms with Crippen LogP contribution in [-0.2, 0) is 13.0 Å². The number of methoxy groups -OCH3 is 1. The number of hydrogen-bond donors (Lipinski definition) is 1. The second kappa shape index (κ2) is 5.92. The highest BCUT2D eigenvalue weighted by atomic mass is 16.5. The van der Waals surface area contributed by atoms with E-state index >= 15 is 0 Å². The molecule has 0 aliphatic carbocycles. The van der Waals surface area contributed by atoms with Crippen molar-refractivity contribution >= 4 is 0 Å². The predicted molar refractivity (Wildman–Crippen MR) is 77.1 cm³/mol. The molecule has 1 N–H and O–H groups in total. The molecule has 0 radical (unpaired) electrons. The summed E-state index contributed by atoms with van der Waals surface area (Å²) in [4.78, 5) is 4.31. The van der Waals surface area contributed by atoms with Gasteiger partial charge in [0.25, 0.3) is 0 Å². The van der Waals surface area contributed by atoms with E-state index in [2.05, 4.69) is 16.4 Å². The molecule has 1 atom stereocenters. The molecule has 4 nitrogen and oxygen atoms in total. The van der Waals surface area contributed by atoms with E-state index in [4.69, 9.17) is 9.47 Å². The van der Waals surface area contributed by atoms with Gasteiger partial charge in [-0.2, -0.15) is 0 Å². The van der Waals surface area contributed by atoms with Crippen molar-refractivity contribution in [2.24, 2.45) is 0 Å². The Bertz CT molecular complexity index is 572. The zero-order valence-electron chi connectivity index (χ0n) is 11.5. The smallest absolute Gasteiger partial charge is 0.164 e. The molecule has 1 aromatic heterocycles. The van der Waals surface area contributed by atoms with Crippen LogP contribution in [0.2, 0.25) is 0 Å². The summed E-state index contributed by atoms with van der Waals surface area (Å²) in [5, 5.41) is 3.49. The highest BCUT2D eigenvalue weighted by Crippen LogP contribution is 2.34. The first-order chi connectivity index (χ1) is 9.86. The summed E-state index contributed by atoms with van der Waals surface area (Å²) >= 11 is 0. The summed E-state index contributed by atoms with van der Waals surface area (Å²) < 4.78 is 11.2. The number of pyridine rings is 1. The molecule has 3 rings (SSSR count). The zero-order chi connectivity index (χ0) is 13.8. The van der Waals surface area contributed by atoms with Gasteiger partial charge in [-0.3, -0.25) is 4.98 Å². The lowest BCUT2D eigenvalue weighted by Gasteiger charge is -2.27. The molecule has 2 aromatic rings. The van der Waals surface area contributed by atoms with E-state index in [0.29, 0.717) is 12.6 Å². The van der Waals surface area contributed by atoms with Gasteiger partial charge in [-0.25, -0.2) is 0 Å². The van der Waals surface area contributed by atoms with Crippen LogP contribution in [0.3, 0.4) is 0 Å². The predicted octanol–water partition coefficient (Wildman–Crippen LogP) is 2.18. The number of nitrogens with zero attached hydrogens (tertiary/aromatic N) is 1. The molecule has 4 heteroatoms. The van der Waals surface area contributed by atoms with E-state index in [1.165, 1.54) is 5.56 Å². The molecule has 0 spiro atoms. The van der Waals surface area contributed by atoms with Gasteiger partial charge in [0.2, 0.25) is 0 Å². The molecule has 1 aliphatic rings. The average Bonchev–Trinajstić information content (AvgIpc) is 2.53. The van der Waals surface area contributed by atoms with Crippen LogP contribution in [0.4, 0.5) is 0 Å². The third-order valence-corrected chi connectivity index (χ3v) is 3.47. The van der Waals surface area contributed by atoms with E-state index in [9.17, 15) is 0 Å². The third-order valence-electron chi connectivity index (χ3n) is 3.47. The Balaban J connectivity index is 1.64. The summed E-state index contributed by atoms with van der Waals surface area (Å²) in [6.07, 6.45) is 2.76. The van der Waals surface area contributed by atoms with Crippen LogP contribution in [0.5, 0.6) is 11.5 Å². The normalized spacial score (nSPS) is 17.1. The number of rotatable bonds is 4. The molecule has 1 aromatic carbocycles. The van der Waals surface area contributed by atoms with Crippen molar-refractivity contribution in [3.63, 3.8) is 0 Å². The minimum atomic E-state index is 0.302. The minimum Gasteiger partial charge on any atom is -0.493 e. The van der Waals surface area contributed by atoms with E-state index in [1.54, 1.807) is 7.11 Å². The molecule has 20 heavy (non-hydrogen) atoms. The molecule has 104 valence electrons. The Kier molecular flexibility index (Phi) is 3.83. The number of nitrogens with one attached hydrogen (secondary N) is 1. The second-order valence-corrected chi connectivity index (χ2v) is 4.86. The third kappa shape index (κ3) is 2.75. The molecule has 0 amide bonds. The van der Waals surface area contributed by atoms with E-state index in [1.807, 2.05) is 36.5 Å². The monoisotopic (exact) mass is 270 g/mol. The lowest BCUT2D eigenvalue weighted by Crippen LogP contribution is -2.39. The molecule has 2 heterocycles.